The van der Waals surface area contributed by atoms with E-state index in [0.717, 1.165) is 0 Å². The van der Waals surface area contributed by atoms with E-state index in [1.54, 1.807) is 0 Å². The van der Waals surface area contributed by atoms with Crippen LogP contribution in [0.4, 0.5) is 0 Å². The molecule has 32 nitrogen and oxygen atoms in total. The number of hydrogen-bond donors (Lipinski definition) is 22. The molecule has 0 aromatic rings. The Morgan fingerprint density at radius 2 is 0.603 bits per heavy atom. The highest BCUT2D eigenvalue weighted by Crippen LogP contribution is 2.28. The van der Waals surface area contributed by atoms with Gasteiger partial charge in [-0.25, -0.2) is 0 Å². The van der Waals surface area contributed by atoms with Gasteiger partial charge < -0.3 is 160 Å². The predicted octanol–water partition coefficient (Wildman–Crippen LogP) is -15.5. The summed E-state index contributed by atoms with van der Waals surface area (Å²) in [6.45, 7) is -4.25. The van der Waals surface area contributed by atoms with Crippen molar-refractivity contribution in [3.8, 4) is 0 Å². The van der Waals surface area contributed by atoms with Crippen molar-refractivity contribution in [2.45, 2.75) is 172 Å². The summed E-state index contributed by atoms with van der Waals surface area (Å²) in [6, 6.07) is 0. The average Bonchev–Trinajstić information content (AvgIpc) is 3.34. The largest absolute Gasteiger partial charge is 0.394 e. The molecule has 4 heterocycles. The summed E-state index contributed by atoms with van der Waals surface area (Å²) in [7, 11) is 0. The van der Waals surface area contributed by atoms with E-state index in [9.17, 15) is 122 Å². The SMILES string of the molecule is O=C[C@H](O)[C@@H](O)[C@H](O)[C@H](O)CO[C@H]1O[C@H](CO[C@H]2O[C@H](CO)C(O)C(O)C2O)[C@@H](O)[C@H](O)C1O.O=C[C@H](O)[C@@H](O)[C@H](O)[C@H](O)CO[C@H]1O[C@H](CO[C@H]2O[C@H](CO)C(O)C(O)C2O)[C@@H](O)[C@H](O)C1O. The van der Waals surface area contributed by atoms with Gasteiger partial charge in [0.05, 0.1) is 39.6 Å². The Balaban J connectivity index is 0.000000360. The van der Waals surface area contributed by atoms with Gasteiger partial charge in [0.2, 0.25) is 0 Å². The van der Waals surface area contributed by atoms with Crippen molar-refractivity contribution in [2.24, 2.45) is 0 Å². The van der Waals surface area contributed by atoms with Crippen LogP contribution in [0.1, 0.15) is 0 Å². The van der Waals surface area contributed by atoms with E-state index in [0.29, 0.717) is 0 Å². The number of ether oxygens (including phenoxy) is 8. The van der Waals surface area contributed by atoms with Crippen LogP contribution in [0.3, 0.4) is 0 Å². The van der Waals surface area contributed by atoms with Crippen molar-refractivity contribution in [3.63, 3.8) is 0 Å². The van der Waals surface area contributed by atoms with Crippen molar-refractivity contribution in [1.82, 2.24) is 0 Å². The molecule has 4 saturated heterocycles. The fourth-order valence-electron chi connectivity index (χ4n) is 6.78. The highest BCUT2D eigenvalue weighted by Gasteiger charge is 2.50. The van der Waals surface area contributed by atoms with Crippen LogP contribution in [-0.2, 0) is 47.5 Å². The molecule has 0 saturated carbocycles. The van der Waals surface area contributed by atoms with Gasteiger partial charge in [0.25, 0.3) is 0 Å². The van der Waals surface area contributed by atoms with Gasteiger partial charge >= 0.3 is 0 Å². The molecule has 0 amide bonds. The summed E-state index contributed by atoms with van der Waals surface area (Å²) in [6.07, 6.45) is -48.9. The van der Waals surface area contributed by atoms with E-state index in [4.69, 9.17) is 37.9 Å². The van der Waals surface area contributed by atoms with Gasteiger partial charge in [-0.3, -0.25) is 0 Å². The highest BCUT2D eigenvalue weighted by atomic mass is 16.7. The maximum atomic E-state index is 10.5. The van der Waals surface area contributed by atoms with Gasteiger partial charge in [0, 0.05) is 0 Å². The van der Waals surface area contributed by atoms with E-state index >= 15 is 0 Å². The minimum absolute atomic E-state index is 0.0623. The number of carbonyl (C=O) groups is 2. The van der Waals surface area contributed by atoms with E-state index in [-0.39, 0.29) is 12.6 Å². The minimum Gasteiger partial charge on any atom is -0.394 e. The second-order valence-corrected chi connectivity index (χ2v) is 16.1. The van der Waals surface area contributed by atoms with E-state index in [1.165, 1.54) is 0 Å². The summed E-state index contributed by atoms with van der Waals surface area (Å²) in [5.74, 6) is 0. The Bertz CT molecular complexity index is 1350. The lowest BCUT2D eigenvalue weighted by Gasteiger charge is -2.42. The van der Waals surface area contributed by atoms with Crippen molar-refractivity contribution in [2.75, 3.05) is 39.6 Å². The molecule has 0 bridgehead atoms. The third-order valence-corrected chi connectivity index (χ3v) is 11.2. The van der Waals surface area contributed by atoms with Gasteiger partial charge in [0.15, 0.2) is 37.7 Å². The standard InChI is InChI=1S/2C18H32O16/c2*19-1-5(21)9(23)10(24)6(22)3-31-17-16(30)14(28)12(26)8(34-17)4-32-18-15(29)13(27)11(25)7(2-20)33-18/h2*1,5-18,20-30H,2-4H2/t2*5-,6+,7+,8+,9+,10+,11?,12+,13?,14-,15?,16?,17-,18-/m00/s1. The molecule has 28 atom stereocenters. The van der Waals surface area contributed by atoms with Crippen LogP contribution in [0, 0.1) is 0 Å². The molecule has 0 aromatic carbocycles. The fraction of sp³-hybridized carbons (Fsp3) is 0.944. The lowest BCUT2D eigenvalue weighted by Crippen LogP contribution is -2.62. The van der Waals surface area contributed by atoms with Gasteiger partial charge in [0.1, 0.15) is 146 Å². The topological polar surface area (TPSA) is 553 Å². The molecular formula is C36H64O32. The minimum atomic E-state index is -2.04. The molecule has 0 spiro atoms. The van der Waals surface area contributed by atoms with Gasteiger partial charge in [-0.05, 0) is 0 Å². The first-order valence-corrected chi connectivity index (χ1v) is 20.7. The molecule has 4 aliphatic heterocycles. The van der Waals surface area contributed by atoms with Crippen molar-refractivity contribution in [3.05, 3.63) is 0 Å². The number of carbonyl (C=O) groups excluding carboxylic acids is 2. The Kier molecular flexibility index (Phi) is 24.7. The average molecular weight is 1010 g/mol. The smallest absolute Gasteiger partial charge is 0.186 e. The van der Waals surface area contributed by atoms with Crippen LogP contribution in [0.25, 0.3) is 0 Å². The Morgan fingerprint density at radius 1 is 0.353 bits per heavy atom. The van der Waals surface area contributed by atoms with Crippen LogP contribution in [0.5, 0.6) is 0 Å². The summed E-state index contributed by atoms with van der Waals surface area (Å²) < 4.78 is 41.6. The normalized spacial score (nSPS) is 42.6. The molecule has 8 unspecified atom stereocenters. The fourth-order valence-corrected chi connectivity index (χ4v) is 6.78. The van der Waals surface area contributed by atoms with Crippen molar-refractivity contribution < 1.29 is 160 Å². The number of hydrogen-bond acceptors (Lipinski definition) is 32. The van der Waals surface area contributed by atoms with Gasteiger partial charge in [-0.2, -0.15) is 0 Å². The zero-order valence-electron chi connectivity index (χ0n) is 35.5. The second kappa shape index (κ2) is 27.8. The lowest BCUT2D eigenvalue weighted by molar-refractivity contribution is -0.333. The maximum absolute atomic E-state index is 10.5. The van der Waals surface area contributed by atoms with Crippen LogP contribution in [0.2, 0.25) is 0 Å². The molecule has 0 aromatic heterocycles. The molecule has 68 heavy (non-hydrogen) atoms. The monoisotopic (exact) mass is 1010 g/mol. The van der Waals surface area contributed by atoms with E-state index < -0.39 is 211 Å². The van der Waals surface area contributed by atoms with Crippen LogP contribution < -0.4 is 0 Å². The number of aldehydes is 2. The Hall–Kier alpha value is -1.86. The Labute approximate surface area is 383 Å². The first-order chi connectivity index (χ1) is 31.9. The molecular weight excluding hydrogens is 944 g/mol. The molecule has 32 heteroatoms. The van der Waals surface area contributed by atoms with Crippen molar-refractivity contribution >= 4 is 12.6 Å². The number of aliphatic hydroxyl groups is 22. The molecule has 400 valence electrons. The molecule has 22 N–H and O–H groups in total. The van der Waals surface area contributed by atoms with Crippen LogP contribution in [-0.4, -0.2) is 336 Å². The summed E-state index contributed by atoms with van der Waals surface area (Å²) in [5, 5.41) is 215. The molecule has 0 aliphatic carbocycles. The summed E-state index contributed by atoms with van der Waals surface area (Å²) >= 11 is 0. The molecule has 4 rings (SSSR count). The zero-order chi connectivity index (χ0) is 51.5. The predicted molar refractivity (Wildman–Crippen MR) is 205 cm³/mol. The first-order valence-electron chi connectivity index (χ1n) is 20.7. The summed E-state index contributed by atoms with van der Waals surface area (Å²) in [4.78, 5) is 21.0. The van der Waals surface area contributed by atoms with E-state index in [2.05, 4.69) is 0 Å². The Morgan fingerprint density at radius 3 is 0.868 bits per heavy atom. The van der Waals surface area contributed by atoms with E-state index in [1.807, 2.05) is 0 Å². The lowest BCUT2D eigenvalue weighted by atomic mass is 9.98. The van der Waals surface area contributed by atoms with Crippen LogP contribution >= 0.6 is 0 Å². The number of rotatable bonds is 22. The third kappa shape index (κ3) is 15.1. The molecule has 4 fully saturated rings. The van der Waals surface area contributed by atoms with Crippen molar-refractivity contribution in [1.29, 1.82) is 0 Å². The maximum Gasteiger partial charge on any atom is 0.186 e. The van der Waals surface area contributed by atoms with Gasteiger partial charge in [-0.15, -0.1) is 0 Å². The second-order valence-electron chi connectivity index (χ2n) is 16.1. The van der Waals surface area contributed by atoms with Crippen LogP contribution in [0.15, 0.2) is 0 Å². The summed E-state index contributed by atoms with van der Waals surface area (Å²) in [5.41, 5.74) is 0. The zero-order valence-corrected chi connectivity index (χ0v) is 35.5. The first kappa shape index (κ1) is 60.4. The van der Waals surface area contributed by atoms with Gasteiger partial charge in [-0.1, -0.05) is 0 Å². The molecule has 4 aliphatic rings. The third-order valence-electron chi connectivity index (χ3n) is 11.2. The highest BCUT2D eigenvalue weighted by molar-refractivity contribution is 5.57. The quantitative estimate of drug-likeness (QED) is 0.0448. The molecule has 0 radical (unpaired) electrons. The number of aliphatic hydroxyl groups excluding tert-OH is 22.